The van der Waals surface area contributed by atoms with Gasteiger partial charge in [0, 0.05) is 31.9 Å². The molecule has 3 N–H and O–H groups in total. The van der Waals surface area contributed by atoms with E-state index in [0.717, 1.165) is 49.8 Å². The van der Waals surface area contributed by atoms with E-state index >= 15 is 0 Å². The first-order valence-electron chi connectivity index (χ1n) is 11.6. The van der Waals surface area contributed by atoms with Crippen molar-refractivity contribution in [2.45, 2.75) is 51.9 Å². The Hall–Kier alpha value is -2.64. The van der Waals surface area contributed by atoms with Gasteiger partial charge in [-0.1, -0.05) is 36.4 Å². The zero-order chi connectivity index (χ0) is 22.8. The number of nitrogens with zero attached hydrogens (tertiary/aromatic N) is 3. The summed E-state index contributed by atoms with van der Waals surface area (Å²) in [6, 6.07) is 14.6. The first-order valence-corrected chi connectivity index (χ1v) is 11.6. The minimum Gasteiger partial charge on any atom is -0.389 e. The summed E-state index contributed by atoms with van der Waals surface area (Å²) in [4.78, 5) is 11.5. The lowest BCUT2D eigenvalue weighted by atomic mass is 10.1. The molecule has 7 nitrogen and oxygen atoms in total. The van der Waals surface area contributed by atoms with Crippen molar-refractivity contribution >= 4 is 11.8 Å². The Morgan fingerprint density at radius 3 is 2.62 bits per heavy atom. The number of aryl methyl sites for hydroxylation is 1. The van der Waals surface area contributed by atoms with Gasteiger partial charge in [0.2, 0.25) is 0 Å². The van der Waals surface area contributed by atoms with Crippen LogP contribution in [0.5, 0.6) is 0 Å². The molecule has 0 amide bonds. The van der Waals surface area contributed by atoms with E-state index < -0.39 is 6.10 Å². The lowest BCUT2D eigenvalue weighted by Crippen LogP contribution is -2.49. The molecule has 1 saturated heterocycles. The Kier molecular flexibility index (Phi) is 9.31. The predicted molar refractivity (Wildman–Crippen MR) is 130 cm³/mol. The van der Waals surface area contributed by atoms with Crippen LogP contribution in [0.2, 0.25) is 0 Å². The van der Waals surface area contributed by atoms with Crippen molar-refractivity contribution in [1.82, 2.24) is 15.6 Å². The van der Waals surface area contributed by atoms with E-state index in [2.05, 4.69) is 44.6 Å². The predicted octanol–water partition coefficient (Wildman–Crippen LogP) is 3.05. The van der Waals surface area contributed by atoms with Crippen LogP contribution in [0, 0.1) is 6.92 Å². The number of guanidine groups is 1. The van der Waals surface area contributed by atoms with Crippen LogP contribution in [0.4, 0.5) is 5.82 Å². The van der Waals surface area contributed by atoms with Crippen LogP contribution in [-0.2, 0) is 4.74 Å². The van der Waals surface area contributed by atoms with Crippen molar-refractivity contribution < 1.29 is 9.84 Å². The third-order valence-corrected chi connectivity index (χ3v) is 5.67. The average molecular weight is 440 g/mol. The zero-order valence-electron chi connectivity index (χ0n) is 19.5. The van der Waals surface area contributed by atoms with Crippen molar-refractivity contribution in [3.63, 3.8) is 0 Å². The van der Waals surface area contributed by atoms with Crippen molar-refractivity contribution in [2.75, 3.05) is 37.7 Å². The number of hydrogen-bond donors (Lipinski definition) is 3. The van der Waals surface area contributed by atoms with E-state index in [-0.39, 0.29) is 12.7 Å². The van der Waals surface area contributed by atoms with Gasteiger partial charge in [-0.2, -0.15) is 0 Å². The number of aliphatic imine (C=N–C) groups is 1. The molecule has 1 aromatic heterocycles. The first kappa shape index (κ1) is 24.0. The van der Waals surface area contributed by atoms with E-state index in [1.807, 2.05) is 50.4 Å². The van der Waals surface area contributed by atoms with Crippen molar-refractivity contribution in [3.05, 3.63) is 59.8 Å². The summed E-state index contributed by atoms with van der Waals surface area (Å²) in [6.07, 6.45) is 3.24. The SMILES string of the molecule is CCNC(=NCC(O)COC(C)c1ccccc1)NC1CCN(c2ccc(C)cn2)CC1. The van der Waals surface area contributed by atoms with Crippen LogP contribution in [0.25, 0.3) is 0 Å². The van der Waals surface area contributed by atoms with Crippen molar-refractivity contribution in [2.24, 2.45) is 4.99 Å². The molecule has 32 heavy (non-hydrogen) atoms. The minimum atomic E-state index is -0.647. The van der Waals surface area contributed by atoms with Crippen LogP contribution in [0.1, 0.15) is 43.9 Å². The number of nitrogens with one attached hydrogen (secondary N) is 2. The van der Waals surface area contributed by atoms with Crippen LogP contribution >= 0.6 is 0 Å². The van der Waals surface area contributed by atoms with Crippen LogP contribution in [0.15, 0.2) is 53.7 Å². The Labute approximate surface area is 191 Å². The number of rotatable bonds is 9. The molecular weight excluding hydrogens is 402 g/mol. The molecule has 2 heterocycles. The summed E-state index contributed by atoms with van der Waals surface area (Å²) in [5, 5.41) is 17.2. The Morgan fingerprint density at radius 1 is 1.22 bits per heavy atom. The molecule has 7 heteroatoms. The summed E-state index contributed by atoms with van der Waals surface area (Å²) < 4.78 is 5.82. The number of hydrogen-bond acceptors (Lipinski definition) is 5. The summed E-state index contributed by atoms with van der Waals surface area (Å²) in [7, 11) is 0. The maximum Gasteiger partial charge on any atom is 0.191 e. The van der Waals surface area contributed by atoms with Gasteiger partial charge < -0.3 is 25.4 Å². The van der Waals surface area contributed by atoms with Gasteiger partial charge in [-0.25, -0.2) is 4.98 Å². The number of aliphatic hydroxyl groups excluding tert-OH is 1. The van der Waals surface area contributed by atoms with Gasteiger partial charge in [-0.3, -0.25) is 4.99 Å². The van der Waals surface area contributed by atoms with Crippen LogP contribution in [-0.4, -0.2) is 61.0 Å². The second kappa shape index (κ2) is 12.4. The third-order valence-electron chi connectivity index (χ3n) is 5.67. The van der Waals surface area contributed by atoms with E-state index in [0.29, 0.717) is 12.6 Å². The molecule has 0 saturated carbocycles. The molecule has 2 unspecified atom stereocenters. The average Bonchev–Trinajstić information content (AvgIpc) is 2.83. The van der Waals surface area contributed by atoms with Crippen molar-refractivity contribution in [1.29, 1.82) is 0 Å². The highest BCUT2D eigenvalue weighted by atomic mass is 16.5. The monoisotopic (exact) mass is 439 g/mol. The largest absolute Gasteiger partial charge is 0.389 e. The second-order valence-corrected chi connectivity index (χ2v) is 8.36. The first-order chi connectivity index (χ1) is 15.5. The highest BCUT2D eigenvalue weighted by Crippen LogP contribution is 2.18. The number of benzene rings is 1. The highest BCUT2D eigenvalue weighted by Gasteiger charge is 2.21. The standard InChI is InChI=1S/C25H37N5O2/c1-4-26-25(28-17-23(31)18-32-20(3)21-8-6-5-7-9-21)29-22-12-14-30(15-13-22)24-11-10-19(2)16-27-24/h5-11,16,20,22-23,31H,4,12-15,17-18H2,1-3H3,(H2,26,28,29). The maximum atomic E-state index is 10.3. The molecule has 2 aromatic rings. The zero-order valence-corrected chi connectivity index (χ0v) is 19.5. The topological polar surface area (TPSA) is 82.0 Å². The maximum absolute atomic E-state index is 10.3. The lowest BCUT2D eigenvalue weighted by Gasteiger charge is -2.34. The van der Waals surface area contributed by atoms with Gasteiger partial charge in [0.1, 0.15) is 5.82 Å². The highest BCUT2D eigenvalue weighted by molar-refractivity contribution is 5.80. The fraction of sp³-hybridized carbons (Fsp3) is 0.520. The number of aliphatic hydroxyl groups is 1. The molecule has 174 valence electrons. The smallest absolute Gasteiger partial charge is 0.191 e. The number of aromatic nitrogens is 1. The Balaban J connectivity index is 1.43. The normalized spacial score (nSPS) is 17.1. The summed E-state index contributed by atoms with van der Waals surface area (Å²) in [6.45, 7) is 9.34. The third kappa shape index (κ3) is 7.50. The summed E-state index contributed by atoms with van der Waals surface area (Å²) in [5.41, 5.74) is 2.28. The van der Waals surface area contributed by atoms with Gasteiger partial charge in [0.05, 0.1) is 25.4 Å². The fourth-order valence-corrected chi connectivity index (χ4v) is 3.74. The molecule has 1 aromatic carbocycles. The number of ether oxygens (including phenoxy) is 1. The summed E-state index contributed by atoms with van der Waals surface area (Å²) >= 11 is 0. The van der Waals surface area contributed by atoms with E-state index in [1.54, 1.807) is 0 Å². The number of piperidine rings is 1. The van der Waals surface area contributed by atoms with Gasteiger partial charge in [-0.05, 0) is 50.8 Å². The van der Waals surface area contributed by atoms with Crippen LogP contribution < -0.4 is 15.5 Å². The molecule has 1 fully saturated rings. The summed E-state index contributed by atoms with van der Waals surface area (Å²) in [5.74, 6) is 1.79. The number of pyridine rings is 1. The van der Waals surface area contributed by atoms with E-state index in [9.17, 15) is 5.11 Å². The fourth-order valence-electron chi connectivity index (χ4n) is 3.74. The van der Waals surface area contributed by atoms with Gasteiger partial charge >= 0.3 is 0 Å². The molecule has 0 spiro atoms. The molecule has 3 rings (SSSR count). The second-order valence-electron chi connectivity index (χ2n) is 8.36. The van der Waals surface area contributed by atoms with E-state index in [4.69, 9.17) is 4.74 Å². The Bertz CT molecular complexity index is 820. The van der Waals surface area contributed by atoms with Gasteiger partial charge in [-0.15, -0.1) is 0 Å². The van der Waals surface area contributed by atoms with E-state index in [1.165, 1.54) is 5.56 Å². The lowest BCUT2D eigenvalue weighted by molar-refractivity contribution is 0.00111. The number of anilines is 1. The van der Waals surface area contributed by atoms with Gasteiger partial charge in [0.25, 0.3) is 0 Å². The quantitative estimate of drug-likeness (QED) is 0.412. The molecule has 2 atom stereocenters. The molecule has 1 aliphatic rings. The molecule has 0 bridgehead atoms. The Morgan fingerprint density at radius 2 is 1.97 bits per heavy atom. The van der Waals surface area contributed by atoms with Crippen molar-refractivity contribution in [3.8, 4) is 0 Å². The van der Waals surface area contributed by atoms with Gasteiger partial charge in [0.15, 0.2) is 5.96 Å². The molecule has 0 radical (unpaired) electrons. The molecular formula is C25H37N5O2. The molecule has 0 aliphatic carbocycles. The molecule has 1 aliphatic heterocycles. The minimum absolute atomic E-state index is 0.0607. The van der Waals surface area contributed by atoms with Crippen LogP contribution in [0.3, 0.4) is 0 Å².